The Morgan fingerprint density at radius 3 is 2.88 bits per heavy atom. The second kappa shape index (κ2) is 4.99. The van der Waals surface area contributed by atoms with Gasteiger partial charge in [0, 0.05) is 17.5 Å². The number of aryl methyl sites for hydroxylation is 1. The van der Waals surface area contributed by atoms with Crippen molar-refractivity contribution in [3.8, 4) is 0 Å². The zero-order chi connectivity index (χ0) is 12.3. The molecule has 7 nitrogen and oxygen atoms in total. The van der Waals surface area contributed by atoms with Crippen LogP contribution in [0.15, 0.2) is 15.8 Å². The van der Waals surface area contributed by atoms with Gasteiger partial charge in [0.05, 0.1) is 0 Å². The van der Waals surface area contributed by atoms with Crippen molar-refractivity contribution in [2.75, 3.05) is 5.75 Å². The number of H-pyrrole nitrogens is 1. The average molecular weight is 245 g/mol. The van der Waals surface area contributed by atoms with Gasteiger partial charge in [-0.15, -0.1) is 0 Å². The van der Waals surface area contributed by atoms with Crippen molar-refractivity contribution in [3.63, 3.8) is 0 Å². The quantitative estimate of drug-likeness (QED) is 0.610. The zero-order valence-electron chi connectivity index (χ0n) is 8.47. The molecule has 16 heavy (non-hydrogen) atoms. The van der Waals surface area contributed by atoms with Gasteiger partial charge in [0.15, 0.2) is 0 Å². The first kappa shape index (κ1) is 12.5. The number of nitrogens with two attached hydrogens (primary N) is 1. The molecule has 0 saturated heterocycles. The van der Waals surface area contributed by atoms with Gasteiger partial charge in [-0.05, 0) is 18.9 Å². The molecule has 0 spiro atoms. The highest BCUT2D eigenvalue weighted by molar-refractivity contribution is 7.97. The third-order valence-corrected chi connectivity index (χ3v) is 2.86. The lowest BCUT2D eigenvalue weighted by molar-refractivity contribution is -0.137. The number of carboxylic acid groups (broad SMARTS) is 1. The topological polar surface area (TPSA) is 118 Å². The number of aromatic amines is 1. The minimum absolute atomic E-state index is 0.0424. The van der Waals surface area contributed by atoms with Gasteiger partial charge in [-0.3, -0.25) is 14.6 Å². The number of nitrogens with one attached hydrogen (secondary N) is 1. The summed E-state index contributed by atoms with van der Waals surface area (Å²) in [5, 5.41) is 8.54. The highest BCUT2D eigenvalue weighted by Crippen LogP contribution is 2.03. The fourth-order valence-corrected chi connectivity index (χ4v) is 1.73. The SMILES string of the molecule is Cc1cn(SC[C@H](N)C(=O)O)c(=O)[nH]c1=O. The number of hydrogen-bond acceptors (Lipinski definition) is 5. The lowest BCUT2D eigenvalue weighted by atomic mass is 10.4. The first-order valence-electron chi connectivity index (χ1n) is 4.36. The highest BCUT2D eigenvalue weighted by atomic mass is 32.2. The maximum atomic E-state index is 11.3. The Morgan fingerprint density at radius 2 is 2.31 bits per heavy atom. The molecule has 1 aromatic rings. The van der Waals surface area contributed by atoms with Crippen molar-refractivity contribution in [1.29, 1.82) is 0 Å². The Morgan fingerprint density at radius 1 is 1.69 bits per heavy atom. The lowest BCUT2D eigenvalue weighted by Crippen LogP contribution is -2.34. The Labute approximate surface area is 94.4 Å². The first-order chi connectivity index (χ1) is 7.41. The summed E-state index contributed by atoms with van der Waals surface area (Å²) >= 11 is 0.935. The largest absolute Gasteiger partial charge is 0.480 e. The van der Waals surface area contributed by atoms with Crippen LogP contribution in [0.3, 0.4) is 0 Å². The Kier molecular flexibility index (Phi) is 3.91. The summed E-state index contributed by atoms with van der Waals surface area (Å²) in [6.45, 7) is 1.55. The molecule has 1 aromatic heterocycles. The fraction of sp³-hybridized carbons (Fsp3) is 0.375. The second-order valence-corrected chi connectivity index (χ2v) is 4.12. The molecule has 0 saturated carbocycles. The molecular weight excluding hydrogens is 234 g/mol. The van der Waals surface area contributed by atoms with E-state index in [1.807, 2.05) is 0 Å². The van der Waals surface area contributed by atoms with E-state index in [1.54, 1.807) is 6.92 Å². The van der Waals surface area contributed by atoms with Crippen LogP contribution in [0.2, 0.25) is 0 Å². The number of nitrogens with zero attached hydrogens (tertiary/aromatic N) is 1. The normalized spacial score (nSPS) is 12.4. The minimum Gasteiger partial charge on any atom is -0.480 e. The van der Waals surface area contributed by atoms with Crippen molar-refractivity contribution < 1.29 is 9.90 Å². The van der Waals surface area contributed by atoms with Gasteiger partial charge in [-0.1, -0.05) is 0 Å². The van der Waals surface area contributed by atoms with Gasteiger partial charge in [-0.2, -0.15) is 0 Å². The van der Waals surface area contributed by atoms with E-state index in [0.29, 0.717) is 5.56 Å². The summed E-state index contributed by atoms with van der Waals surface area (Å²) < 4.78 is 1.15. The van der Waals surface area contributed by atoms with E-state index in [9.17, 15) is 14.4 Å². The standard InChI is InChI=1S/C8H11N3O4S/c1-4-2-11(8(15)10-6(4)12)16-3-5(9)7(13)14/h2,5H,3,9H2,1H3,(H,13,14)(H,10,12,15)/t5-/m0/s1. The van der Waals surface area contributed by atoms with E-state index >= 15 is 0 Å². The van der Waals surface area contributed by atoms with Crippen LogP contribution >= 0.6 is 11.9 Å². The van der Waals surface area contributed by atoms with E-state index in [1.165, 1.54) is 6.20 Å². The smallest absolute Gasteiger partial charge is 0.338 e. The Hall–Kier alpha value is -1.54. The molecule has 1 atom stereocenters. The van der Waals surface area contributed by atoms with Crippen LogP contribution in [-0.4, -0.2) is 31.8 Å². The Bertz CT molecular complexity index is 507. The monoisotopic (exact) mass is 245 g/mol. The maximum absolute atomic E-state index is 11.3. The molecule has 0 aromatic carbocycles. The maximum Gasteiger partial charge on any atom is 0.338 e. The van der Waals surface area contributed by atoms with E-state index in [-0.39, 0.29) is 5.75 Å². The molecule has 0 amide bonds. The number of carboxylic acids is 1. The summed E-state index contributed by atoms with van der Waals surface area (Å²) in [4.78, 5) is 34.9. The molecule has 8 heteroatoms. The number of aromatic nitrogens is 2. The van der Waals surface area contributed by atoms with Crippen molar-refractivity contribution in [3.05, 3.63) is 32.6 Å². The predicted molar refractivity (Wildman–Crippen MR) is 59.5 cm³/mol. The summed E-state index contributed by atoms with van der Waals surface area (Å²) in [6, 6.07) is -1.05. The number of hydrogen-bond donors (Lipinski definition) is 3. The number of carbonyl (C=O) groups is 1. The van der Waals surface area contributed by atoms with Gasteiger partial charge < -0.3 is 10.8 Å². The molecule has 0 unspecified atom stereocenters. The number of rotatable bonds is 4. The van der Waals surface area contributed by atoms with Gasteiger partial charge in [0.1, 0.15) is 6.04 Å². The van der Waals surface area contributed by atoms with Crippen LogP contribution < -0.4 is 17.0 Å². The Balaban J connectivity index is 2.83. The van der Waals surface area contributed by atoms with E-state index in [0.717, 1.165) is 15.9 Å². The summed E-state index contributed by atoms with van der Waals surface area (Å²) in [6.07, 6.45) is 1.35. The van der Waals surface area contributed by atoms with Crippen LogP contribution in [0.4, 0.5) is 0 Å². The average Bonchev–Trinajstić information content (AvgIpc) is 2.20. The second-order valence-electron chi connectivity index (χ2n) is 3.14. The van der Waals surface area contributed by atoms with Gasteiger partial charge in [0.2, 0.25) is 0 Å². The molecule has 0 aliphatic rings. The lowest BCUT2D eigenvalue weighted by Gasteiger charge is -2.07. The molecule has 0 radical (unpaired) electrons. The van der Waals surface area contributed by atoms with Crippen LogP contribution in [0.1, 0.15) is 5.56 Å². The van der Waals surface area contributed by atoms with Crippen molar-refractivity contribution >= 4 is 17.9 Å². The third kappa shape index (κ3) is 2.97. The first-order valence-corrected chi connectivity index (χ1v) is 5.30. The van der Waals surface area contributed by atoms with Gasteiger partial charge in [0.25, 0.3) is 5.56 Å². The van der Waals surface area contributed by atoms with Gasteiger partial charge >= 0.3 is 11.7 Å². The van der Waals surface area contributed by atoms with Gasteiger partial charge in [-0.25, -0.2) is 8.77 Å². The molecule has 4 N–H and O–H groups in total. The fourth-order valence-electron chi connectivity index (χ4n) is 0.872. The molecule has 1 rings (SSSR count). The van der Waals surface area contributed by atoms with Crippen molar-refractivity contribution in [2.45, 2.75) is 13.0 Å². The molecule has 0 aliphatic carbocycles. The van der Waals surface area contributed by atoms with E-state index < -0.39 is 23.3 Å². The molecule has 0 fully saturated rings. The van der Waals surface area contributed by atoms with Crippen molar-refractivity contribution in [2.24, 2.45) is 5.73 Å². The predicted octanol–water partition coefficient (Wildman–Crippen LogP) is -1.25. The minimum atomic E-state index is -1.14. The molecule has 1 heterocycles. The molecule has 0 bridgehead atoms. The highest BCUT2D eigenvalue weighted by Gasteiger charge is 2.12. The summed E-state index contributed by atoms with van der Waals surface area (Å²) in [7, 11) is 0. The van der Waals surface area contributed by atoms with E-state index in [2.05, 4.69) is 4.98 Å². The zero-order valence-corrected chi connectivity index (χ0v) is 9.28. The summed E-state index contributed by atoms with van der Waals surface area (Å²) in [5.41, 5.74) is 4.59. The van der Waals surface area contributed by atoms with Crippen LogP contribution in [0.5, 0.6) is 0 Å². The number of aliphatic carboxylic acids is 1. The molecule has 88 valence electrons. The molecular formula is C8H11N3O4S. The van der Waals surface area contributed by atoms with Crippen molar-refractivity contribution in [1.82, 2.24) is 8.96 Å². The van der Waals surface area contributed by atoms with E-state index in [4.69, 9.17) is 10.8 Å². The van der Waals surface area contributed by atoms with Crippen LogP contribution in [0.25, 0.3) is 0 Å². The third-order valence-electron chi connectivity index (χ3n) is 1.80. The van der Waals surface area contributed by atoms with Crippen LogP contribution in [-0.2, 0) is 4.79 Å². The summed E-state index contributed by atoms with van der Waals surface area (Å²) in [5.74, 6) is -1.09. The van der Waals surface area contributed by atoms with Crippen LogP contribution in [0, 0.1) is 6.92 Å². The molecule has 0 aliphatic heterocycles.